The zero-order chi connectivity index (χ0) is 18.9. The summed E-state index contributed by atoms with van der Waals surface area (Å²) < 4.78 is 27.5. The predicted molar refractivity (Wildman–Crippen MR) is 104 cm³/mol. The van der Waals surface area contributed by atoms with Gasteiger partial charge in [0.05, 0.1) is 17.1 Å². The van der Waals surface area contributed by atoms with Gasteiger partial charge in [-0.1, -0.05) is 47.7 Å². The van der Waals surface area contributed by atoms with E-state index in [1.54, 1.807) is 35.2 Å². The highest BCUT2D eigenvalue weighted by atomic mass is 32.2. The quantitative estimate of drug-likeness (QED) is 0.731. The van der Waals surface area contributed by atoms with E-state index in [2.05, 4.69) is 9.71 Å². The fraction of sp³-hybridized carbons (Fsp3) is 0.158. The van der Waals surface area contributed by atoms with Gasteiger partial charge in [-0.05, 0) is 24.3 Å². The van der Waals surface area contributed by atoms with Crippen LogP contribution in [0.3, 0.4) is 0 Å². The minimum absolute atomic E-state index is 0.0268. The largest absolute Gasteiger partial charge is 0.333 e. The van der Waals surface area contributed by atoms with Gasteiger partial charge in [-0.15, -0.1) is 0 Å². The Morgan fingerprint density at radius 1 is 1.04 bits per heavy atom. The molecule has 1 aromatic heterocycles. The number of carbonyl (C=O) groups is 1. The molecule has 0 spiro atoms. The van der Waals surface area contributed by atoms with Crippen molar-refractivity contribution in [2.45, 2.75) is 17.9 Å². The van der Waals surface area contributed by atoms with Crippen LogP contribution in [0.1, 0.15) is 20.9 Å². The maximum atomic E-state index is 12.6. The number of nitrogens with one attached hydrogen (secondary N) is 1. The zero-order valence-electron chi connectivity index (χ0n) is 14.3. The Morgan fingerprint density at radius 3 is 2.41 bits per heavy atom. The average molecular weight is 399 g/mol. The Bertz CT molecular complexity index is 1060. The molecule has 0 radical (unpaired) electrons. The number of fused-ring (bicyclic) bond motifs is 1. The predicted octanol–water partition coefficient (Wildman–Crippen LogP) is 3.14. The Kier molecular flexibility index (Phi) is 4.67. The minimum atomic E-state index is -3.67. The molecule has 2 heterocycles. The van der Waals surface area contributed by atoms with E-state index in [1.807, 2.05) is 18.2 Å². The summed E-state index contributed by atoms with van der Waals surface area (Å²) in [6.07, 6.45) is 0.609. The number of nitrogens with zero attached hydrogens (tertiary/aromatic N) is 2. The number of rotatable bonds is 4. The number of thiazole rings is 1. The number of amides is 1. The Balaban J connectivity index is 1.52. The highest BCUT2D eigenvalue weighted by Crippen LogP contribution is 2.30. The van der Waals surface area contributed by atoms with Crippen LogP contribution in [0.4, 0.5) is 5.13 Å². The number of hydrogen-bond donors (Lipinski definition) is 1. The van der Waals surface area contributed by atoms with Crippen molar-refractivity contribution in [1.82, 2.24) is 9.88 Å². The molecule has 0 aliphatic carbocycles. The van der Waals surface area contributed by atoms with Crippen molar-refractivity contribution in [3.8, 4) is 0 Å². The molecular formula is C19H17N3O3S2. The number of benzene rings is 2. The van der Waals surface area contributed by atoms with Crippen LogP contribution >= 0.6 is 11.3 Å². The number of aromatic nitrogens is 1. The summed E-state index contributed by atoms with van der Waals surface area (Å²) in [5, 5.41) is 0.331. The van der Waals surface area contributed by atoms with Gasteiger partial charge in [-0.3, -0.25) is 9.52 Å². The summed E-state index contributed by atoms with van der Waals surface area (Å²) in [4.78, 5) is 19.9. The lowest BCUT2D eigenvalue weighted by molar-refractivity contribution is 0.0736. The maximum absolute atomic E-state index is 12.6. The van der Waals surface area contributed by atoms with E-state index in [4.69, 9.17) is 0 Å². The van der Waals surface area contributed by atoms with Gasteiger partial charge in [-0.25, -0.2) is 13.4 Å². The van der Waals surface area contributed by atoms with Gasteiger partial charge in [0.2, 0.25) is 0 Å². The fourth-order valence-corrected chi connectivity index (χ4v) is 5.23. The molecule has 0 atom stereocenters. The lowest BCUT2D eigenvalue weighted by atomic mass is 10.1. The normalized spacial score (nSPS) is 13.9. The first-order chi connectivity index (χ1) is 13.0. The van der Waals surface area contributed by atoms with Gasteiger partial charge in [0.1, 0.15) is 0 Å². The van der Waals surface area contributed by atoms with E-state index in [-0.39, 0.29) is 10.8 Å². The molecule has 0 unspecified atom stereocenters. The fourth-order valence-electron chi connectivity index (χ4n) is 2.95. The van der Waals surface area contributed by atoms with Crippen molar-refractivity contribution in [2.75, 3.05) is 11.3 Å². The molecule has 1 amide bonds. The van der Waals surface area contributed by atoms with Crippen LogP contribution in [-0.4, -0.2) is 30.8 Å². The summed E-state index contributed by atoms with van der Waals surface area (Å²) in [6.45, 7) is 1.00. The van der Waals surface area contributed by atoms with Crippen LogP contribution in [-0.2, 0) is 23.0 Å². The van der Waals surface area contributed by atoms with Crippen LogP contribution in [0.2, 0.25) is 0 Å². The molecule has 2 aromatic carbocycles. The molecule has 27 heavy (non-hydrogen) atoms. The molecule has 0 saturated carbocycles. The third-order valence-electron chi connectivity index (χ3n) is 4.31. The van der Waals surface area contributed by atoms with Crippen LogP contribution in [0.5, 0.6) is 0 Å². The van der Waals surface area contributed by atoms with Crippen LogP contribution in [0.25, 0.3) is 0 Å². The van der Waals surface area contributed by atoms with Crippen molar-refractivity contribution in [3.05, 3.63) is 76.8 Å². The van der Waals surface area contributed by atoms with Crippen molar-refractivity contribution in [1.29, 1.82) is 0 Å². The molecule has 1 aliphatic heterocycles. The first kappa shape index (κ1) is 17.7. The summed E-state index contributed by atoms with van der Waals surface area (Å²) in [7, 11) is -3.67. The highest BCUT2D eigenvalue weighted by Gasteiger charge is 2.26. The lowest BCUT2D eigenvalue weighted by Crippen LogP contribution is -2.35. The second-order valence-corrected chi connectivity index (χ2v) is 8.92. The molecule has 0 fully saturated rings. The van der Waals surface area contributed by atoms with Crippen molar-refractivity contribution < 1.29 is 13.2 Å². The first-order valence-corrected chi connectivity index (χ1v) is 10.7. The monoisotopic (exact) mass is 399 g/mol. The highest BCUT2D eigenvalue weighted by molar-refractivity contribution is 7.93. The molecule has 1 aliphatic rings. The van der Waals surface area contributed by atoms with Crippen LogP contribution < -0.4 is 4.72 Å². The summed E-state index contributed by atoms with van der Waals surface area (Å²) >= 11 is 1.28. The summed E-state index contributed by atoms with van der Waals surface area (Å²) in [6, 6.07) is 17.3. The minimum Gasteiger partial charge on any atom is -0.333 e. The van der Waals surface area contributed by atoms with E-state index in [0.29, 0.717) is 30.2 Å². The Morgan fingerprint density at radius 2 is 1.70 bits per heavy atom. The molecule has 138 valence electrons. The van der Waals surface area contributed by atoms with Crippen LogP contribution in [0.15, 0.2) is 65.6 Å². The molecule has 8 heteroatoms. The van der Waals surface area contributed by atoms with Gasteiger partial charge in [0, 0.05) is 23.4 Å². The van der Waals surface area contributed by atoms with E-state index < -0.39 is 10.0 Å². The second-order valence-electron chi connectivity index (χ2n) is 6.15. The van der Waals surface area contributed by atoms with E-state index in [1.165, 1.54) is 23.5 Å². The third kappa shape index (κ3) is 3.72. The van der Waals surface area contributed by atoms with E-state index in [0.717, 1.165) is 10.6 Å². The molecule has 0 saturated heterocycles. The summed E-state index contributed by atoms with van der Waals surface area (Å²) in [5.74, 6) is -0.0268. The standard InChI is InChI=1S/C19H17N3O3S2/c23-18(14-7-3-1-4-8-14)22-12-11-16-17(13-22)26-19(20-16)21-27(24,25)15-9-5-2-6-10-15/h1-10H,11-13H2,(H,20,21). The average Bonchev–Trinajstić information content (AvgIpc) is 3.09. The van der Waals surface area contributed by atoms with E-state index >= 15 is 0 Å². The SMILES string of the molecule is O=C(c1ccccc1)N1CCc2nc(NS(=O)(=O)c3ccccc3)sc2C1. The molecular weight excluding hydrogens is 382 g/mol. The molecule has 1 N–H and O–H groups in total. The number of sulfonamides is 1. The molecule has 3 aromatic rings. The topological polar surface area (TPSA) is 79.4 Å². The first-order valence-electron chi connectivity index (χ1n) is 8.44. The van der Waals surface area contributed by atoms with Gasteiger partial charge < -0.3 is 4.90 Å². The van der Waals surface area contributed by atoms with Crippen LogP contribution in [0, 0.1) is 0 Å². The lowest BCUT2D eigenvalue weighted by Gasteiger charge is -2.26. The second kappa shape index (κ2) is 7.13. The molecule has 6 nitrogen and oxygen atoms in total. The molecule has 0 bridgehead atoms. The Hall–Kier alpha value is -2.71. The summed E-state index contributed by atoms with van der Waals surface area (Å²) in [5.41, 5.74) is 1.50. The van der Waals surface area contributed by atoms with Crippen molar-refractivity contribution in [3.63, 3.8) is 0 Å². The smallest absolute Gasteiger partial charge is 0.263 e. The number of anilines is 1. The van der Waals surface area contributed by atoms with Gasteiger partial charge in [0.15, 0.2) is 5.13 Å². The zero-order valence-corrected chi connectivity index (χ0v) is 16.0. The number of carbonyl (C=O) groups excluding carboxylic acids is 1. The van der Waals surface area contributed by atoms with Crippen molar-refractivity contribution >= 4 is 32.4 Å². The van der Waals surface area contributed by atoms with Gasteiger partial charge >= 0.3 is 0 Å². The Labute approximate surface area is 161 Å². The molecule has 4 rings (SSSR count). The van der Waals surface area contributed by atoms with Crippen molar-refractivity contribution in [2.24, 2.45) is 0 Å². The maximum Gasteiger partial charge on any atom is 0.263 e. The number of hydrogen-bond acceptors (Lipinski definition) is 5. The van der Waals surface area contributed by atoms with Gasteiger partial charge in [-0.2, -0.15) is 0 Å². The third-order valence-corrected chi connectivity index (χ3v) is 6.80. The van der Waals surface area contributed by atoms with Gasteiger partial charge in [0.25, 0.3) is 15.9 Å². The van der Waals surface area contributed by atoms with E-state index in [9.17, 15) is 13.2 Å².